The van der Waals surface area contributed by atoms with Crippen LogP contribution in [0, 0.1) is 0 Å². The number of carboxylic acid groups (broad SMARTS) is 1. The molecule has 0 aromatic heterocycles. The quantitative estimate of drug-likeness (QED) is 0.548. The Kier molecular flexibility index (Phi) is 7.59. The topological polar surface area (TPSA) is 78.4 Å². The summed E-state index contributed by atoms with van der Waals surface area (Å²) >= 11 is 0. The lowest BCUT2D eigenvalue weighted by atomic mass is 9.98. The average Bonchev–Trinajstić information content (AvgIpc) is 2.33. The molecular formula is C13H26N2O3. The van der Waals surface area contributed by atoms with Crippen molar-refractivity contribution in [3.05, 3.63) is 0 Å². The Morgan fingerprint density at radius 3 is 2.33 bits per heavy atom. The standard InChI is InChI=1S/C13H26N2O3/c1-5-7-8-9-14-11(16)10(3)15-13(4,6-2)12(17)18/h10,15H,5-9H2,1-4H3,(H,14,16)(H,17,18). The summed E-state index contributed by atoms with van der Waals surface area (Å²) < 4.78 is 0. The highest BCUT2D eigenvalue weighted by Gasteiger charge is 2.33. The SMILES string of the molecule is CCCCCNC(=O)C(C)NC(C)(CC)C(=O)O. The molecule has 0 bridgehead atoms. The fourth-order valence-corrected chi connectivity index (χ4v) is 1.60. The highest BCUT2D eigenvalue weighted by molar-refractivity contribution is 5.84. The third-order valence-corrected chi connectivity index (χ3v) is 3.19. The van der Waals surface area contributed by atoms with Gasteiger partial charge >= 0.3 is 5.97 Å². The highest BCUT2D eigenvalue weighted by atomic mass is 16.4. The number of carbonyl (C=O) groups is 2. The number of aliphatic carboxylic acids is 1. The van der Waals surface area contributed by atoms with Crippen LogP contribution in [-0.4, -0.2) is 35.1 Å². The molecular weight excluding hydrogens is 232 g/mol. The first-order chi connectivity index (χ1) is 8.37. The van der Waals surface area contributed by atoms with E-state index in [0.29, 0.717) is 13.0 Å². The van der Waals surface area contributed by atoms with Gasteiger partial charge in [0.1, 0.15) is 5.54 Å². The molecule has 0 saturated heterocycles. The van der Waals surface area contributed by atoms with Crippen molar-refractivity contribution < 1.29 is 14.7 Å². The monoisotopic (exact) mass is 258 g/mol. The third-order valence-electron chi connectivity index (χ3n) is 3.19. The molecule has 0 radical (unpaired) electrons. The average molecular weight is 258 g/mol. The molecule has 18 heavy (non-hydrogen) atoms. The number of rotatable bonds is 9. The molecule has 0 saturated carbocycles. The van der Waals surface area contributed by atoms with Crippen molar-refractivity contribution in [2.24, 2.45) is 0 Å². The van der Waals surface area contributed by atoms with Crippen LogP contribution in [0.3, 0.4) is 0 Å². The van der Waals surface area contributed by atoms with Crippen molar-refractivity contribution >= 4 is 11.9 Å². The van der Waals surface area contributed by atoms with Gasteiger partial charge in [-0.2, -0.15) is 0 Å². The number of amides is 1. The van der Waals surface area contributed by atoms with E-state index in [1.165, 1.54) is 0 Å². The maximum absolute atomic E-state index is 11.8. The first-order valence-corrected chi connectivity index (χ1v) is 6.66. The number of hydrogen-bond donors (Lipinski definition) is 3. The Morgan fingerprint density at radius 1 is 1.28 bits per heavy atom. The summed E-state index contributed by atoms with van der Waals surface area (Å²) in [5.74, 6) is -1.08. The minimum atomic E-state index is -1.06. The second-order valence-electron chi connectivity index (χ2n) is 4.85. The molecule has 2 atom stereocenters. The van der Waals surface area contributed by atoms with Gasteiger partial charge in [0.05, 0.1) is 6.04 Å². The van der Waals surface area contributed by atoms with E-state index in [2.05, 4.69) is 17.6 Å². The molecule has 2 unspecified atom stereocenters. The largest absolute Gasteiger partial charge is 0.480 e. The van der Waals surface area contributed by atoms with E-state index in [-0.39, 0.29) is 5.91 Å². The molecule has 0 aliphatic carbocycles. The maximum Gasteiger partial charge on any atom is 0.323 e. The minimum Gasteiger partial charge on any atom is -0.480 e. The maximum atomic E-state index is 11.8. The van der Waals surface area contributed by atoms with Crippen molar-refractivity contribution in [3.8, 4) is 0 Å². The molecule has 0 rings (SSSR count). The summed E-state index contributed by atoms with van der Waals surface area (Å²) in [6.45, 7) is 7.81. The second-order valence-corrected chi connectivity index (χ2v) is 4.85. The van der Waals surface area contributed by atoms with Gasteiger partial charge in [0.15, 0.2) is 0 Å². The first kappa shape index (κ1) is 16.9. The van der Waals surface area contributed by atoms with Gasteiger partial charge in [0, 0.05) is 6.54 Å². The van der Waals surface area contributed by atoms with Gasteiger partial charge in [-0.25, -0.2) is 0 Å². The molecule has 5 nitrogen and oxygen atoms in total. The summed E-state index contributed by atoms with van der Waals surface area (Å²) in [6, 6.07) is -0.507. The summed E-state index contributed by atoms with van der Waals surface area (Å²) in [5.41, 5.74) is -1.06. The molecule has 0 heterocycles. The van der Waals surface area contributed by atoms with E-state index >= 15 is 0 Å². The van der Waals surface area contributed by atoms with Gasteiger partial charge in [-0.3, -0.25) is 14.9 Å². The van der Waals surface area contributed by atoms with Crippen molar-refractivity contribution in [3.63, 3.8) is 0 Å². The Labute approximate surface area is 109 Å². The van der Waals surface area contributed by atoms with Crippen molar-refractivity contribution in [1.82, 2.24) is 10.6 Å². The lowest BCUT2D eigenvalue weighted by Gasteiger charge is -2.28. The van der Waals surface area contributed by atoms with Crippen LogP contribution in [0.15, 0.2) is 0 Å². The number of hydrogen-bond acceptors (Lipinski definition) is 3. The molecule has 5 heteroatoms. The van der Waals surface area contributed by atoms with Crippen LogP contribution in [0.1, 0.15) is 53.4 Å². The number of nitrogens with one attached hydrogen (secondary N) is 2. The van der Waals surface area contributed by atoms with Crippen molar-refractivity contribution in [1.29, 1.82) is 0 Å². The number of unbranched alkanes of at least 4 members (excludes halogenated alkanes) is 2. The van der Waals surface area contributed by atoms with E-state index in [4.69, 9.17) is 5.11 Å². The molecule has 0 spiro atoms. The smallest absolute Gasteiger partial charge is 0.323 e. The van der Waals surface area contributed by atoms with Crippen LogP contribution in [0.2, 0.25) is 0 Å². The Hall–Kier alpha value is -1.10. The lowest BCUT2D eigenvalue weighted by molar-refractivity contribution is -0.145. The zero-order valence-electron chi connectivity index (χ0n) is 11.9. The van der Waals surface area contributed by atoms with Crippen LogP contribution in [0.5, 0.6) is 0 Å². The van der Waals surface area contributed by atoms with E-state index in [1.807, 2.05) is 0 Å². The molecule has 3 N–H and O–H groups in total. The van der Waals surface area contributed by atoms with E-state index in [0.717, 1.165) is 19.3 Å². The van der Waals surface area contributed by atoms with Crippen LogP contribution in [0.25, 0.3) is 0 Å². The highest BCUT2D eigenvalue weighted by Crippen LogP contribution is 2.10. The van der Waals surface area contributed by atoms with Crippen LogP contribution in [0.4, 0.5) is 0 Å². The first-order valence-electron chi connectivity index (χ1n) is 6.66. The molecule has 0 aromatic carbocycles. The predicted octanol–water partition coefficient (Wildman–Crippen LogP) is 1.52. The minimum absolute atomic E-state index is 0.146. The fraction of sp³-hybridized carbons (Fsp3) is 0.846. The molecule has 0 aliphatic heterocycles. The van der Waals surface area contributed by atoms with Crippen LogP contribution >= 0.6 is 0 Å². The van der Waals surface area contributed by atoms with Gasteiger partial charge in [0.25, 0.3) is 0 Å². The second kappa shape index (κ2) is 8.08. The third kappa shape index (κ3) is 5.49. The van der Waals surface area contributed by atoms with Crippen LogP contribution < -0.4 is 10.6 Å². The van der Waals surface area contributed by atoms with Gasteiger partial charge < -0.3 is 10.4 Å². The molecule has 1 amide bonds. The summed E-state index contributed by atoms with van der Waals surface area (Å²) in [5, 5.41) is 14.8. The van der Waals surface area contributed by atoms with E-state index in [9.17, 15) is 9.59 Å². The zero-order chi connectivity index (χ0) is 14.2. The molecule has 106 valence electrons. The zero-order valence-corrected chi connectivity index (χ0v) is 11.9. The Balaban J connectivity index is 4.18. The summed E-state index contributed by atoms with van der Waals surface area (Å²) in [4.78, 5) is 22.9. The molecule has 0 fully saturated rings. The van der Waals surface area contributed by atoms with E-state index in [1.54, 1.807) is 20.8 Å². The van der Waals surface area contributed by atoms with Gasteiger partial charge in [-0.1, -0.05) is 26.7 Å². The number of carboxylic acids is 1. The fourth-order valence-electron chi connectivity index (χ4n) is 1.60. The van der Waals surface area contributed by atoms with Crippen molar-refractivity contribution in [2.45, 2.75) is 65.0 Å². The normalized spacial score (nSPS) is 15.8. The summed E-state index contributed by atoms with van der Waals surface area (Å²) in [6.07, 6.45) is 3.58. The molecule has 0 aliphatic rings. The molecule has 0 aromatic rings. The predicted molar refractivity (Wildman–Crippen MR) is 71.5 cm³/mol. The van der Waals surface area contributed by atoms with Gasteiger partial charge in [0.2, 0.25) is 5.91 Å². The van der Waals surface area contributed by atoms with E-state index < -0.39 is 17.6 Å². The summed E-state index contributed by atoms with van der Waals surface area (Å²) in [7, 11) is 0. The van der Waals surface area contributed by atoms with Gasteiger partial charge in [-0.15, -0.1) is 0 Å². The lowest BCUT2D eigenvalue weighted by Crippen LogP contribution is -2.56. The van der Waals surface area contributed by atoms with Crippen molar-refractivity contribution in [2.75, 3.05) is 6.54 Å². The van der Waals surface area contributed by atoms with Gasteiger partial charge in [-0.05, 0) is 26.7 Å². The van der Waals surface area contributed by atoms with Crippen LogP contribution in [-0.2, 0) is 9.59 Å². The Morgan fingerprint density at radius 2 is 1.89 bits per heavy atom. The number of carbonyl (C=O) groups excluding carboxylic acids is 1. The Bertz CT molecular complexity index is 281.